The summed E-state index contributed by atoms with van der Waals surface area (Å²) in [5.41, 5.74) is 2.83. The van der Waals surface area contributed by atoms with Gasteiger partial charge in [-0.05, 0) is 26.8 Å². The van der Waals surface area contributed by atoms with E-state index in [1.54, 1.807) is 12.4 Å². The molecule has 2 heterocycles. The second kappa shape index (κ2) is 4.86. The van der Waals surface area contributed by atoms with Gasteiger partial charge in [0, 0.05) is 6.20 Å². The molecule has 0 bridgehead atoms. The van der Waals surface area contributed by atoms with Crippen molar-refractivity contribution in [3.8, 4) is 0 Å². The zero-order valence-corrected chi connectivity index (χ0v) is 10.2. The van der Waals surface area contributed by atoms with Crippen molar-refractivity contribution in [3.63, 3.8) is 0 Å². The molecule has 0 spiro atoms. The van der Waals surface area contributed by atoms with E-state index in [4.69, 9.17) is 0 Å². The Balaban J connectivity index is 2.05. The van der Waals surface area contributed by atoms with Gasteiger partial charge >= 0.3 is 0 Å². The van der Waals surface area contributed by atoms with Gasteiger partial charge in [-0.25, -0.2) is 15.0 Å². The van der Waals surface area contributed by atoms with Crippen LogP contribution in [0.1, 0.15) is 22.9 Å². The highest BCUT2D eigenvalue weighted by molar-refractivity contribution is 5.33. The molecule has 0 amide bonds. The summed E-state index contributed by atoms with van der Waals surface area (Å²) in [6, 6.07) is 1.88. The lowest BCUT2D eigenvalue weighted by atomic mass is 10.3. The van der Waals surface area contributed by atoms with Gasteiger partial charge in [-0.2, -0.15) is 0 Å². The number of hydrogen-bond donors (Lipinski definition) is 1. The van der Waals surface area contributed by atoms with Gasteiger partial charge in [0.1, 0.15) is 11.6 Å². The van der Waals surface area contributed by atoms with Crippen LogP contribution in [0.15, 0.2) is 18.5 Å². The van der Waals surface area contributed by atoms with E-state index in [1.807, 2.05) is 26.8 Å². The average Bonchev–Trinajstić information content (AvgIpc) is 2.31. The topological polar surface area (TPSA) is 63.6 Å². The highest BCUT2D eigenvalue weighted by Crippen LogP contribution is 2.07. The first-order valence-electron chi connectivity index (χ1n) is 5.48. The van der Waals surface area contributed by atoms with Crippen molar-refractivity contribution in [3.05, 3.63) is 41.4 Å². The SMILES string of the molecule is Cc1nccc(CNc2cnc(C)c(C)n2)n1. The molecule has 0 aliphatic carbocycles. The molecule has 0 radical (unpaired) electrons. The van der Waals surface area contributed by atoms with Crippen molar-refractivity contribution in [2.75, 3.05) is 5.32 Å². The molecule has 0 atom stereocenters. The molecule has 1 N–H and O–H groups in total. The predicted octanol–water partition coefficient (Wildman–Crippen LogP) is 1.80. The minimum atomic E-state index is 0.626. The van der Waals surface area contributed by atoms with Gasteiger partial charge in [-0.1, -0.05) is 0 Å². The second-order valence-corrected chi connectivity index (χ2v) is 3.87. The zero-order valence-electron chi connectivity index (χ0n) is 10.2. The van der Waals surface area contributed by atoms with Gasteiger partial charge < -0.3 is 5.32 Å². The van der Waals surface area contributed by atoms with Crippen LogP contribution < -0.4 is 5.32 Å². The van der Waals surface area contributed by atoms with Crippen LogP contribution in [0.2, 0.25) is 0 Å². The Bertz CT molecular complexity index is 524. The number of nitrogens with one attached hydrogen (secondary N) is 1. The van der Waals surface area contributed by atoms with E-state index in [0.29, 0.717) is 6.54 Å². The molecule has 5 heteroatoms. The Morgan fingerprint density at radius 3 is 2.59 bits per heavy atom. The van der Waals surface area contributed by atoms with Crippen molar-refractivity contribution < 1.29 is 0 Å². The smallest absolute Gasteiger partial charge is 0.145 e. The van der Waals surface area contributed by atoms with E-state index in [9.17, 15) is 0 Å². The van der Waals surface area contributed by atoms with Gasteiger partial charge in [-0.3, -0.25) is 4.98 Å². The zero-order chi connectivity index (χ0) is 12.3. The molecular formula is C12H15N5. The minimum absolute atomic E-state index is 0.626. The summed E-state index contributed by atoms with van der Waals surface area (Å²) in [4.78, 5) is 17.0. The molecule has 2 rings (SSSR count). The van der Waals surface area contributed by atoms with Gasteiger partial charge in [0.25, 0.3) is 0 Å². The van der Waals surface area contributed by atoms with Crippen LogP contribution in [0.25, 0.3) is 0 Å². The molecule has 0 fully saturated rings. The van der Waals surface area contributed by atoms with Crippen LogP contribution in [0.3, 0.4) is 0 Å². The average molecular weight is 229 g/mol. The fourth-order valence-corrected chi connectivity index (χ4v) is 1.41. The number of hydrogen-bond acceptors (Lipinski definition) is 5. The van der Waals surface area contributed by atoms with Crippen LogP contribution >= 0.6 is 0 Å². The maximum absolute atomic E-state index is 4.39. The number of aryl methyl sites for hydroxylation is 3. The molecule has 0 aliphatic heterocycles. The predicted molar refractivity (Wildman–Crippen MR) is 65.6 cm³/mol. The number of aromatic nitrogens is 4. The standard InChI is InChI=1S/C12H15N5/c1-8-9(2)16-12(7-14-8)15-6-11-4-5-13-10(3)17-11/h4-5,7H,6H2,1-3H3,(H,15,16). The summed E-state index contributed by atoms with van der Waals surface area (Å²) in [5, 5.41) is 3.19. The van der Waals surface area contributed by atoms with E-state index in [2.05, 4.69) is 25.3 Å². The molecule has 0 saturated carbocycles. The van der Waals surface area contributed by atoms with Crippen molar-refractivity contribution in [1.29, 1.82) is 0 Å². The highest BCUT2D eigenvalue weighted by atomic mass is 15.0. The van der Waals surface area contributed by atoms with Gasteiger partial charge in [0.2, 0.25) is 0 Å². The molecule has 2 aromatic rings. The van der Waals surface area contributed by atoms with Crippen LogP contribution in [0.4, 0.5) is 5.82 Å². The third-order valence-corrected chi connectivity index (χ3v) is 2.48. The Morgan fingerprint density at radius 1 is 1.06 bits per heavy atom. The van der Waals surface area contributed by atoms with Gasteiger partial charge in [0.15, 0.2) is 0 Å². The Kier molecular flexibility index (Phi) is 3.27. The Morgan fingerprint density at radius 2 is 1.88 bits per heavy atom. The summed E-state index contributed by atoms with van der Waals surface area (Å²) >= 11 is 0. The minimum Gasteiger partial charge on any atom is -0.363 e. The lowest BCUT2D eigenvalue weighted by Crippen LogP contribution is -2.06. The summed E-state index contributed by atoms with van der Waals surface area (Å²) in [6.45, 7) is 6.39. The third kappa shape index (κ3) is 2.96. The molecule has 0 aromatic carbocycles. The quantitative estimate of drug-likeness (QED) is 0.869. The molecule has 88 valence electrons. The van der Waals surface area contributed by atoms with Crippen LogP contribution in [0.5, 0.6) is 0 Å². The van der Waals surface area contributed by atoms with Gasteiger partial charge in [-0.15, -0.1) is 0 Å². The second-order valence-electron chi connectivity index (χ2n) is 3.87. The van der Waals surface area contributed by atoms with E-state index >= 15 is 0 Å². The van der Waals surface area contributed by atoms with Crippen molar-refractivity contribution in [1.82, 2.24) is 19.9 Å². The molecule has 0 saturated heterocycles. The normalized spacial score (nSPS) is 10.3. The molecular weight excluding hydrogens is 214 g/mol. The monoisotopic (exact) mass is 229 g/mol. The molecule has 17 heavy (non-hydrogen) atoms. The lowest BCUT2D eigenvalue weighted by Gasteiger charge is -2.06. The fraction of sp³-hybridized carbons (Fsp3) is 0.333. The van der Waals surface area contributed by atoms with Crippen LogP contribution in [0, 0.1) is 20.8 Å². The third-order valence-electron chi connectivity index (χ3n) is 2.48. The summed E-state index contributed by atoms with van der Waals surface area (Å²) in [5.74, 6) is 1.54. The van der Waals surface area contributed by atoms with Crippen LogP contribution in [-0.4, -0.2) is 19.9 Å². The summed E-state index contributed by atoms with van der Waals surface area (Å²) in [6.07, 6.45) is 3.49. The maximum atomic E-state index is 4.39. The van der Waals surface area contributed by atoms with Crippen molar-refractivity contribution >= 4 is 5.82 Å². The highest BCUT2D eigenvalue weighted by Gasteiger charge is 2.00. The summed E-state index contributed by atoms with van der Waals surface area (Å²) in [7, 11) is 0. The molecule has 5 nitrogen and oxygen atoms in total. The number of nitrogens with zero attached hydrogens (tertiary/aromatic N) is 4. The fourth-order valence-electron chi connectivity index (χ4n) is 1.41. The van der Waals surface area contributed by atoms with Crippen LogP contribution in [-0.2, 0) is 6.54 Å². The number of rotatable bonds is 3. The molecule has 2 aromatic heterocycles. The molecule has 0 unspecified atom stereocenters. The van der Waals surface area contributed by atoms with Crippen molar-refractivity contribution in [2.45, 2.75) is 27.3 Å². The summed E-state index contributed by atoms with van der Waals surface area (Å²) < 4.78 is 0. The Labute approximate surface area is 100 Å². The first-order chi connectivity index (χ1) is 8.15. The van der Waals surface area contributed by atoms with E-state index in [0.717, 1.165) is 28.7 Å². The largest absolute Gasteiger partial charge is 0.363 e. The van der Waals surface area contributed by atoms with E-state index < -0.39 is 0 Å². The van der Waals surface area contributed by atoms with E-state index in [1.165, 1.54) is 0 Å². The van der Waals surface area contributed by atoms with E-state index in [-0.39, 0.29) is 0 Å². The molecule has 0 aliphatic rings. The first-order valence-corrected chi connectivity index (χ1v) is 5.48. The Hall–Kier alpha value is -2.04. The first kappa shape index (κ1) is 11.4. The van der Waals surface area contributed by atoms with Crippen molar-refractivity contribution in [2.24, 2.45) is 0 Å². The maximum Gasteiger partial charge on any atom is 0.145 e. The number of anilines is 1. The lowest BCUT2D eigenvalue weighted by molar-refractivity contribution is 0.940. The van der Waals surface area contributed by atoms with Gasteiger partial charge in [0.05, 0.1) is 29.8 Å².